The molecule has 0 spiro atoms. The molecule has 1 heterocycles. The van der Waals surface area contributed by atoms with Crippen LogP contribution in [0.15, 0.2) is 29.0 Å². The molecule has 0 saturated heterocycles. The van der Waals surface area contributed by atoms with Crippen molar-refractivity contribution in [3.05, 3.63) is 39.7 Å². The summed E-state index contributed by atoms with van der Waals surface area (Å²) in [5.74, 6) is 0. The quantitative estimate of drug-likeness (QED) is 0.839. The maximum atomic E-state index is 5.90. The summed E-state index contributed by atoms with van der Waals surface area (Å²) in [6.45, 7) is 1.98. The van der Waals surface area contributed by atoms with Gasteiger partial charge in [0, 0.05) is 16.3 Å². The van der Waals surface area contributed by atoms with Crippen LogP contribution < -0.4 is 0 Å². The summed E-state index contributed by atoms with van der Waals surface area (Å²) in [4.78, 5) is 7.41. The van der Waals surface area contributed by atoms with Crippen LogP contribution in [-0.2, 0) is 0 Å². The first-order chi connectivity index (χ1) is 6.66. The van der Waals surface area contributed by atoms with Gasteiger partial charge in [0.25, 0.3) is 0 Å². The first-order valence-corrected chi connectivity index (χ1v) is 5.32. The monoisotopic (exact) mass is 270 g/mol. The zero-order chi connectivity index (χ0) is 10.1. The van der Waals surface area contributed by atoms with Crippen LogP contribution in [0.4, 0.5) is 0 Å². The molecule has 0 unspecified atom stereocenters. The van der Waals surface area contributed by atoms with Crippen LogP contribution >= 0.6 is 27.5 Å². The van der Waals surface area contributed by atoms with Crippen LogP contribution in [-0.4, -0.2) is 9.97 Å². The zero-order valence-corrected chi connectivity index (χ0v) is 9.85. The highest BCUT2D eigenvalue weighted by Gasteiger charge is 2.07. The largest absolute Gasteiger partial charge is 0.336 e. The number of hydrogen-bond donors (Lipinski definition) is 1. The SMILES string of the molecule is Cc1[nH]c(Br)nc1-c1cccc(Cl)c1. The average molecular weight is 272 g/mol. The zero-order valence-electron chi connectivity index (χ0n) is 7.51. The van der Waals surface area contributed by atoms with E-state index in [-0.39, 0.29) is 0 Å². The van der Waals surface area contributed by atoms with Crippen LogP contribution in [0.25, 0.3) is 11.3 Å². The molecule has 0 atom stereocenters. The Balaban J connectivity index is 2.54. The normalized spacial score (nSPS) is 10.5. The molecule has 14 heavy (non-hydrogen) atoms. The lowest BCUT2D eigenvalue weighted by atomic mass is 10.1. The van der Waals surface area contributed by atoms with Crippen molar-refractivity contribution < 1.29 is 0 Å². The topological polar surface area (TPSA) is 28.7 Å². The van der Waals surface area contributed by atoms with E-state index in [0.717, 1.165) is 26.7 Å². The number of halogens is 2. The fourth-order valence-corrected chi connectivity index (χ4v) is 2.01. The van der Waals surface area contributed by atoms with Crippen molar-refractivity contribution in [1.29, 1.82) is 0 Å². The molecular formula is C10H8BrClN2. The highest BCUT2D eigenvalue weighted by molar-refractivity contribution is 9.10. The standard InChI is InChI=1S/C10H8BrClN2/c1-6-9(14-10(11)13-6)7-3-2-4-8(12)5-7/h2-5H,1H3,(H,13,14). The summed E-state index contributed by atoms with van der Waals surface area (Å²) in [6, 6.07) is 7.65. The van der Waals surface area contributed by atoms with E-state index < -0.39 is 0 Å². The molecule has 0 bridgehead atoms. The van der Waals surface area contributed by atoms with Crippen molar-refractivity contribution in [2.75, 3.05) is 0 Å². The van der Waals surface area contributed by atoms with Gasteiger partial charge in [0.2, 0.25) is 0 Å². The first kappa shape index (κ1) is 9.74. The number of imidazole rings is 1. The lowest BCUT2D eigenvalue weighted by Crippen LogP contribution is -1.80. The van der Waals surface area contributed by atoms with Gasteiger partial charge in [0.15, 0.2) is 4.73 Å². The van der Waals surface area contributed by atoms with E-state index in [1.807, 2.05) is 31.2 Å². The van der Waals surface area contributed by atoms with Gasteiger partial charge in [-0.1, -0.05) is 23.7 Å². The number of aryl methyl sites for hydroxylation is 1. The molecular weight excluding hydrogens is 263 g/mol. The van der Waals surface area contributed by atoms with Gasteiger partial charge in [-0.2, -0.15) is 0 Å². The Morgan fingerprint density at radius 1 is 1.43 bits per heavy atom. The van der Waals surface area contributed by atoms with Crippen molar-refractivity contribution in [2.24, 2.45) is 0 Å². The predicted molar refractivity (Wildman–Crippen MR) is 61.5 cm³/mol. The second-order valence-corrected chi connectivity index (χ2v) is 4.20. The minimum Gasteiger partial charge on any atom is -0.336 e. The number of nitrogens with zero attached hydrogens (tertiary/aromatic N) is 1. The predicted octanol–water partition coefficient (Wildman–Crippen LogP) is 3.80. The number of H-pyrrole nitrogens is 1. The summed E-state index contributed by atoms with van der Waals surface area (Å²) in [5.41, 5.74) is 2.98. The Morgan fingerprint density at radius 3 is 2.79 bits per heavy atom. The lowest BCUT2D eigenvalue weighted by molar-refractivity contribution is 1.20. The number of hydrogen-bond acceptors (Lipinski definition) is 1. The molecule has 72 valence electrons. The van der Waals surface area contributed by atoms with E-state index in [0.29, 0.717) is 0 Å². The van der Waals surface area contributed by atoms with Crippen molar-refractivity contribution in [1.82, 2.24) is 9.97 Å². The first-order valence-electron chi connectivity index (χ1n) is 4.15. The van der Waals surface area contributed by atoms with Gasteiger partial charge in [0.05, 0.1) is 5.69 Å². The molecule has 1 aromatic heterocycles. The number of aromatic amines is 1. The third-order valence-corrected chi connectivity index (χ3v) is 2.56. The number of rotatable bonds is 1. The molecule has 0 saturated carbocycles. The third kappa shape index (κ3) is 1.83. The maximum absolute atomic E-state index is 5.90. The van der Waals surface area contributed by atoms with Crippen LogP contribution in [0.1, 0.15) is 5.69 Å². The fraction of sp³-hybridized carbons (Fsp3) is 0.100. The molecule has 0 aliphatic carbocycles. The average Bonchev–Trinajstić information content (AvgIpc) is 2.45. The Labute approximate surface area is 95.5 Å². The van der Waals surface area contributed by atoms with Gasteiger partial charge in [-0.05, 0) is 35.0 Å². The van der Waals surface area contributed by atoms with Crippen molar-refractivity contribution in [3.8, 4) is 11.3 Å². The molecule has 1 aromatic carbocycles. The molecule has 1 N–H and O–H groups in total. The van der Waals surface area contributed by atoms with E-state index in [4.69, 9.17) is 11.6 Å². The second kappa shape index (κ2) is 3.75. The minimum absolute atomic E-state index is 0.723. The Hall–Kier alpha value is -0.800. The summed E-state index contributed by atoms with van der Waals surface area (Å²) in [6.07, 6.45) is 0. The highest BCUT2D eigenvalue weighted by Crippen LogP contribution is 2.25. The Morgan fingerprint density at radius 2 is 2.21 bits per heavy atom. The van der Waals surface area contributed by atoms with Gasteiger partial charge in [-0.15, -0.1) is 0 Å². The maximum Gasteiger partial charge on any atom is 0.175 e. The Kier molecular flexibility index (Phi) is 2.61. The van der Waals surface area contributed by atoms with Crippen LogP contribution in [0.2, 0.25) is 5.02 Å². The third-order valence-electron chi connectivity index (χ3n) is 1.95. The molecule has 2 nitrogen and oxygen atoms in total. The number of nitrogens with one attached hydrogen (secondary N) is 1. The molecule has 0 aliphatic rings. The van der Waals surface area contributed by atoms with E-state index >= 15 is 0 Å². The van der Waals surface area contributed by atoms with Crippen molar-refractivity contribution in [3.63, 3.8) is 0 Å². The van der Waals surface area contributed by atoms with Crippen LogP contribution in [0, 0.1) is 6.92 Å². The molecule has 0 aliphatic heterocycles. The summed E-state index contributed by atoms with van der Waals surface area (Å²) in [5, 5.41) is 0.723. The molecule has 0 radical (unpaired) electrons. The fourth-order valence-electron chi connectivity index (χ4n) is 1.34. The molecule has 0 fully saturated rings. The summed E-state index contributed by atoms with van der Waals surface area (Å²) < 4.78 is 0.741. The van der Waals surface area contributed by atoms with Crippen molar-refractivity contribution in [2.45, 2.75) is 6.92 Å². The summed E-state index contributed by atoms with van der Waals surface area (Å²) in [7, 11) is 0. The van der Waals surface area contributed by atoms with Crippen molar-refractivity contribution >= 4 is 27.5 Å². The van der Waals surface area contributed by atoms with E-state index in [9.17, 15) is 0 Å². The molecule has 2 rings (SSSR count). The summed E-state index contributed by atoms with van der Waals surface area (Å²) >= 11 is 9.20. The number of aromatic nitrogens is 2. The van der Waals surface area contributed by atoms with E-state index in [2.05, 4.69) is 25.9 Å². The highest BCUT2D eigenvalue weighted by atomic mass is 79.9. The van der Waals surface area contributed by atoms with E-state index in [1.54, 1.807) is 0 Å². The lowest BCUT2D eigenvalue weighted by Gasteiger charge is -1.98. The van der Waals surface area contributed by atoms with Gasteiger partial charge in [-0.3, -0.25) is 0 Å². The van der Waals surface area contributed by atoms with Gasteiger partial charge in [0.1, 0.15) is 0 Å². The smallest absolute Gasteiger partial charge is 0.175 e. The second-order valence-electron chi connectivity index (χ2n) is 3.01. The minimum atomic E-state index is 0.723. The van der Waals surface area contributed by atoms with Gasteiger partial charge in [-0.25, -0.2) is 4.98 Å². The van der Waals surface area contributed by atoms with Gasteiger partial charge < -0.3 is 4.98 Å². The molecule has 0 amide bonds. The number of benzene rings is 1. The Bertz CT molecular complexity index is 465. The van der Waals surface area contributed by atoms with Crippen LogP contribution in [0.5, 0.6) is 0 Å². The van der Waals surface area contributed by atoms with E-state index in [1.165, 1.54) is 0 Å². The molecule has 4 heteroatoms. The van der Waals surface area contributed by atoms with Crippen LogP contribution in [0.3, 0.4) is 0 Å². The molecule has 2 aromatic rings. The van der Waals surface area contributed by atoms with Gasteiger partial charge >= 0.3 is 0 Å².